The fourth-order valence-electron chi connectivity index (χ4n) is 3.25. The van der Waals surface area contributed by atoms with Crippen LogP contribution in [0.5, 0.6) is 0 Å². The molecule has 0 spiro atoms. The Morgan fingerprint density at radius 1 is 1.26 bits per heavy atom. The molecule has 1 aromatic heterocycles. The Bertz CT molecular complexity index is 832. The van der Waals surface area contributed by atoms with Crippen LogP contribution in [-0.2, 0) is 6.54 Å². The van der Waals surface area contributed by atoms with Crippen LogP contribution in [0.25, 0.3) is 0 Å². The first-order valence-corrected chi connectivity index (χ1v) is 9.44. The fraction of sp³-hybridized carbons (Fsp3) is 0.476. The fourth-order valence-corrected chi connectivity index (χ4v) is 3.25. The zero-order valence-electron chi connectivity index (χ0n) is 15.9. The van der Waals surface area contributed by atoms with E-state index >= 15 is 0 Å². The molecule has 0 bridgehead atoms. The Morgan fingerprint density at radius 2 is 1.96 bits per heavy atom. The first-order chi connectivity index (χ1) is 12.9. The number of carbonyl (C=O) groups is 1. The van der Waals surface area contributed by atoms with Crippen LogP contribution < -0.4 is 5.32 Å². The third-order valence-electron chi connectivity index (χ3n) is 4.68. The molecule has 2 N–H and O–H groups in total. The van der Waals surface area contributed by atoms with Gasteiger partial charge in [0.2, 0.25) is 0 Å². The molecular formula is C21H26N4O2. The number of hydrogen-bond donors (Lipinski definition) is 2. The SMILES string of the molecule is CC(C)(O)C#Cc1ccc(C(=O)NCc2nncn2C2CCCCC2)cc1. The van der Waals surface area contributed by atoms with Gasteiger partial charge < -0.3 is 15.0 Å². The molecule has 1 aliphatic carbocycles. The van der Waals surface area contributed by atoms with Gasteiger partial charge in [-0.05, 0) is 51.0 Å². The van der Waals surface area contributed by atoms with Crippen LogP contribution in [0, 0.1) is 11.8 Å². The maximum atomic E-state index is 12.4. The van der Waals surface area contributed by atoms with Gasteiger partial charge in [0, 0.05) is 17.2 Å². The molecule has 27 heavy (non-hydrogen) atoms. The topological polar surface area (TPSA) is 80.0 Å². The minimum atomic E-state index is -1.04. The van der Waals surface area contributed by atoms with Gasteiger partial charge in [0.25, 0.3) is 5.91 Å². The molecule has 0 radical (unpaired) electrons. The summed E-state index contributed by atoms with van der Waals surface area (Å²) in [5.74, 6) is 6.29. The van der Waals surface area contributed by atoms with E-state index < -0.39 is 5.60 Å². The molecule has 3 rings (SSSR count). The number of amides is 1. The minimum Gasteiger partial charge on any atom is -0.378 e. The monoisotopic (exact) mass is 366 g/mol. The highest BCUT2D eigenvalue weighted by molar-refractivity contribution is 5.94. The van der Waals surface area contributed by atoms with Crippen molar-refractivity contribution in [2.24, 2.45) is 0 Å². The summed E-state index contributed by atoms with van der Waals surface area (Å²) in [7, 11) is 0. The second-order valence-corrected chi connectivity index (χ2v) is 7.52. The molecule has 0 unspecified atom stereocenters. The molecule has 142 valence electrons. The Kier molecular flexibility index (Phi) is 5.92. The number of carbonyl (C=O) groups excluding carboxylic acids is 1. The number of aromatic nitrogens is 3. The smallest absolute Gasteiger partial charge is 0.251 e. The molecule has 1 saturated carbocycles. The highest BCUT2D eigenvalue weighted by Gasteiger charge is 2.18. The number of benzene rings is 1. The first-order valence-electron chi connectivity index (χ1n) is 9.44. The molecule has 2 aromatic rings. The zero-order chi connectivity index (χ0) is 19.3. The Balaban J connectivity index is 1.60. The van der Waals surface area contributed by atoms with Gasteiger partial charge in [0.15, 0.2) is 5.82 Å². The Labute approximate surface area is 160 Å². The van der Waals surface area contributed by atoms with Crippen molar-refractivity contribution in [2.45, 2.75) is 64.1 Å². The maximum Gasteiger partial charge on any atom is 0.251 e. The van der Waals surface area contributed by atoms with E-state index in [4.69, 9.17) is 0 Å². The third kappa shape index (κ3) is 5.41. The second kappa shape index (κ2) is 8.36. The molecule has 1 heterocycles. The van der Waals surface area contributed by atoms with Crippen molar-refractivity contribution in [2.75, 3.05) is 0 Å². The predicted octanol–water partition coefficient (Wildman–Crippen LogP) is 2.84. The molecule has 0 saturated heterocycles. The highest BCUT2D eigenvalue weighted by atomic mass is 16.3. The summed E-state index contributed by atoms with van der Waals surface area (Å²) in [6.07, 6.45) is 7.82. The van der Waals surface area contributed by atoms with Gasteiger partial charge in [-0.3, -0.25) is 4.79 Å². The molecule has 1 aliphatic rings. The standard InChI is InChI=1S/C21H26N4O2/c1-21(2,27)13-12-16-8-10-17(11-9-16)20(26)22-14-19-24-23-15-25(19)18-6-4-3-5-7-18/h8-11,15,18,27H,3-7,14H2,1-2H3,(H,22,26). The molecule has 1 fully saturated rings. The van der Waals surface area contributed by atoms with Crippen molar-refractivity contribution >= 4 is 5.91 Å². The van der Waals surface area contributed by atoms with E-state index in [1.165, 1.54) is 19.3 Å². The van der Waals surface area contributed by atoms with Gasteiger partial charge in [0.05, 0.1) is 6.54 Å². The Hall–Kier alpha value is -2.65. The van der Waals surface area contributed by atoms with E-state index in [0.717, 1.165) is 24.2 Å². The number of rotatable bonds is 4. The number of hydrogen-bond acceptors (Lipinski definition) is 4. The lowest BCUT2D eigenvalue weighted by Gasteiger charge is -2.24. The molecule has 6 nitrogen and oxygen atoms in total. The van der Waals surface area contributed by atoms with Crippen LogP contribution in [-0.4, -0.2) is 31.4 Å². The van der Waals surface area contributed by atoms with Crippen LogP contribution in [0.3, 0.4) is 0 Å². The van der Waals surface area contributed by atoms with Crippen LogP contribution in [0.2, 0.25) is 0 Å². The molecule has 1 amide bonds. The summed E-state index contributed by atoms with van der Waals surface area (Å²) >= 11 is 0. The van der Waals surface area contributed by atoms with Crippen molar-refractivity contribution in [3.8, 4) is 11.8 Å². The van der Waals surface area contributed by atoms with Gasteiger partial charge in [-0.1, -0.05) is 31.1 Å². The van der Waals surface area contributed by atoms with Crippen molar-refractivity contribution < 1.29 is 9.90 Å². The zero-order valence-corrected chi connectivity index (χ0v) is 15.9. The molecule has 0 aliphatic heterocycles. The van der Waals surface area contributed by atoms with E-state index in [1.807, 2.05) is 0 Å². The van der Waals surface area contributed by atoms with E-state index in [0.29, 0.717) is 18.2 Å². The quantitative estimate of drug-likeness (QED) is 0.816. The van der Waals surface area contributed by atoms with E-state index in [1.54, 1.807) is 44.4 Å². The van der Waals surface area contributed by atoms with Crippen molar-refractivity contribution in [1.29, 1.82) is 0 Å². The summed E-state index contributed by atoms with van der Waals surface area (Å²) in [5.41, 5.74) is 0.280. The number of aliphatic hydroxyl groups is 1. The van der Waals surface area contributed by atoms with Crippen LogP contribution in [0.4, 0.5) is 0 Å². The molecule has 0 atom stereocenters. The largest absolute Gasteiger partial charge is 0.378 e. The summed E-state index contributed by atoms with van der Waals surface area (Å²) in [5, 5.41) is 20.8. The molecular weight excluding hydrogens is 340 g/mol. The summed E-state index contributed by atoms with van der Waals surface area (Å²) < 4.78 is 2.11. The summed E-state index contributed by atoms with van der Waals surface area (Å²) in [6.45, 7) is 3.62. The lowest BCUT2D eigenvalue weighted by atomic mass is 9.95. The van der Waals surface area contributed by atoms with Gasteiger partial charge in [-0.25, -0.2) is 0 Å². The van der Waals surface area contributed by atoms with E-state index in [2.05, 4.69) is 31.9 Å². The van der Waals surface area contributed by atoms with Gasteiger partial charge >= 0.3 is 0 Å². The third-order valence-corrected chi connectivity index (χ3v) is 4.68. The van der Waals surface area contributed by atoms with E-state index in [9.17, 15) is 9.90 Å². The van der Waals surface area contributed by atoms with Crippen LogP contribution >= 0.6 is 0 Å². The number of nitrogens with zero attached hydrogens (tertiary/aromatic N) is 3. The van der Waals surface area contributed by atoms with Gasteiger partial charge in [-0.2, -0.15) is 0 Å². The molecule has 6 heteroatoms. The normalized spacial score (nSPS) is 15.1. The van der Waals surface area contributed by atoms with Gasteiger partial charge in [-0.15, -0.1) is 10.2 Å². The molecule has 1 aromatic carbocycles. The second-order valence-electron chi connectivity index (χ2n) is 7.52. The predicted molar refractivity (Wildman–Crippen MR) is 103 cm³/mol. The average molecular weight is 366 g/mol. The Morgan fingerprint density at radius 3 is 2.63 bits per heavy atom. The first kappa shape index (κ1) is 19.1. The van der Waals surface area contributed by atoms with Crippen molar-refractivity contribution in [1.82, 2.24) is 20.1 Å². The van der Waals surface area contributed by atoms with Gasteiger partial charge in [0.1, 0.15) is 11.9 Å². The summed E-state index contributed by atoms with van der Waals surface area (Å²) in [6, 6.07) is 7.45. The average Bonchev–Trinajstić information content (AvgIpc) is 3.13. The maximum absolute atomic E-state index is 12.4. The van der Waals surface area contributed by atoms with E-state index in [-0.39, 0.29) is 5.91 Å². The minimum absolute atomic E-state index is 0.157. The lowest BCUT2D eigenvalue weighted by molar-refractivity contribution is 0.0949. The lowest BCUT2D eigenvalue weighted by Crippen LogP contribution is -2.26. The highest BCUT2D eigenvalue weighted by Crippen LogP contribution is 2.28. The van der Waals surface area contributed by atoms with Crippen LogP contribution in [0.1, 0.15) is 73.7 Å². The number of nitrogens with one attached hydrogen (secondary N) is 1. The van der Waals surface area contributed by atoms with Crippen molar-refractivity contribution in [3.05, 3.63) is 47.5 Å². The van der Waals surface area contributed by atoms with Crippen LogP contribution in [0.15, 0.2) is 30.6 Å². The van der Waals surface area contributed by atoms with Crippen molar-refractivity contribution in [3.63, 3.8) is 0 Å². The summed E-state index contributed by atoms with van der Waals surface area (Å²) in [4.78, 5) is 12.4.